The predicted molar refractivity (Wildman–Crippen MR) is 113 cm³/mol. The van der Waals surface area contributed by atoms with E-state index in [2.05, 4.69) is 0 Å². The molecule has 11 heteroatoms. The fourth-order valence-corrected chi connectivity index (χ4v) is 5.50. The Bertz CT molecular complexity index is 1120. The maximum atomic E-state index is 12.8. The third-order valence-electron chi connectivity index (χ3n) is 4.86. The standard InChI is InChI=1S/C19H22ClN3O5S2/c1-21(2)29(25,26)17-7-3-15(4-8-17)19(24)22-11-13-23(14-12-22)30(27,28)18-9-5-16(20)6-10-18/h3-10H,11-14H2,1-2H3. The molecular formula is C19H22ClN3O5S2. The minimum Gasteiger partial charge on any atom is -0.336 e. The molecule has 162 valence electrons. The monoisotopic (exact) mass is 471 g/mol. The lowest BCUT2D eigenvalue weighted by Crippen LogP contribution is -2.50. The second kappa shape index (κ2) is 8.64. The van der Waals surface area contributed by atoms with E-state index < -0.39 is 20.0 Å². The van der Waals surface area contributed by atoms with E-state index in [1.165, 1.54) is 66.9 Å². The van der Waals surface area contributed by atoms with Gasteiger partial charge in [-0.2, -0.15) is 4.31 Å². The van der Waals surface area contributed by atoms with Gasteiger partial charge in [-0.3, -0.25) is 4.79 Å². The van der Waals surface area contributed by atoms with Crippen LogP contribution in [0, 0.1) is 0 Å². The van der Waals surface area contributed by atoms with Crippen molar-refractivity contribution in [3.8, 4) is 0 Å². The lowest BCUT2D eigenvalue weighted by Gasteiger charge is -2.34. The highest BCUT2D eigenvalue weighted by Crippen LogP contribution is 2.21. The number of carbonyl (C=O) groups excluding carboxylic acids is 1. The number of halogens is 1. The Morgan fingerprint density at radius 2 is 1.33 bits per heavy atom. The molecule has 1 amide bonds. The Morgan fingerprint density at radius 1 is 0.833 bits per heavy atom. The fourth-order valence-electron chi connectivity index (χ4n) is 3.05. The third kappa shape index (κ3) is 4.52. The fraction of sp³-hybridized carbons (Fsp3) is 0.316. The van der Waals surface area contributed by atoms with Gasteiger partial charge in [0.1, 0.15) is 0 Å². The summed E-state index contributed by atoms with van der Waals surface area (Å²) in [7, 11) is -4.35. The second-order valence-corrected chi connectivity index (χ2v) is 11.5. The summed E-state index contributed by atoms with van der Waals surface area (Å²) in [4.78, 5) is 14.6. The number of hydrogen-bond acceptors (Lipinski definition) is 5. The molecule has 8 nitrogen and oxygen atoms in total. The average Bonchev–Trinajstić information content (AvgIpc) is 2.73. The first-order chi connectivity index (χ1) is 14.0. The van der Waals surface area contributed by atoms with Gasteiger partial charge in [-0.25, -0.2) is 21.1 Å². The number of nitrogens with zero attached hydrogens (tertiary/aromatic N) is 3. The molecule has 0 atom stereocenters. The zero-order chi connectivity index (χ0) is 22.1. The Hall–Kier alpha value is -1.98. The summed E-state index contributed by atoms with van der Waals surface area (Å²) in [5.41, 5.74) is 0.349. The molecule has 0 radical (unpaired) electrons. The van der Waals surface area contributed by atoms with Gasteiger partial charge in [-0.1, -0.05) is 11.6 Å². The summed E-state index contributed by atoms with van der Waals surface area (Å²) >= 11 is 5.82. The first-order valence-corrected chi connectivity index (χ1v) is 12.4. The van der Waals surface area contributed by atoms with Gasteiger partial charge >= 0.3 is 0 Å². The second-order valence-electron chi connectivity index (χ2n) is 6.96. The Balaban J connectivity index is 1.67. The van der Waals surface area contributed by atoms with E-state index in [1.807, 2.05) is 0 Å². The Labute approximate surface area is 181 Å². The Morgan fingerprint density at radius 3 is 1.83 bits per heavy atom. The maximum Gasteiger partial charge on any atom is 0.253 e. The van der Waals surface area contributed by atoms with Crippen molar-refractivity contribution in [2.45, 2.75) is 9.79 Å². The molecule has 1 aliphatic rings. The largest absolute Gasteiger partial charge is 0.336 e. The molecule has 0 aromatic heterocycles. The molecule has 2 aromatic carbocycles. The van der Waals surface area contributed by atoms with E-state index in [0.717, 1.165) is 4.31 Å². The van der Waals surface area contributed by atoms with Crippen LogP contribution in [0.15, 0.2) is 58.3 Å². The summed E-state index contributed by atoms with van der Waals surface area (Å²) in [6.45, 7) is 0.820. The first kappa shape index (κ1) is 22.7. The number of benzene rings is 2. The van der Waals surface area contributed by atoms with E-state index in [4.69, 9.17) is 11.6 Å². The topological polar surface area (TPSA) is 95.1 Å². The van der Waals surface area contributed by atoms with Crippen molar-refractivity contribution in [2.75, 3.05) is 40.3 Å². The molecule has 2 aromatic rings. The summed E-state index contributed by atoms with van der Waals surface area (Å²) < 4.78 is 52.2. The first-order valence-electron chi connectivity index (χ1n) is 9.11. The number of piperazine rings is 1. The minimum absolute atomic E-state index is 0.0999. The number of hydrogen-bond donors (Lipinski definition) is 0. The highest BCUT2D eigenvalue weighted by atomic mass is 35.5. The van der Waals surface area contributed by atoms with E-state index in [9.17, 15) is 21.6 Å². The minimum atomic E-state index is -3.66. The lowest BCUT2D eigenvalue weighted by molar-refractivity contribution is 0.0698. The van der Waals surface area contributed by atoms with Crippen molar-refractivity contribution in [3.63, 3.8) is 0 Å². The van der Waals surface area contributed by atoms with E-state index in [-0.39, 0.29) is 41.9 Å². The van der Waals surface area contributed by atoms with Crippen LogP contribution in [-0.4, -0.2) is 76.5 Å². The molecule has 0 saturated carbocycles. The lowest BCUT2D eigenvalue weighted by atomic mass is 10.2. The maximum absolute atomic E-state index is 12.8. The van der Waals surface area contributed by atoms with Gasteiger partial charge in [-0.15, -0.1) is 0 Å². The summed E-state index contributed by atoms with van der Waals surface area (Å²) in [6.07, 6.45) is 0. The van der Waals surface area contributed by atoms with Gasteiger partial charge in [0, 0.05) is 50.9 Å². The molecule has 0 spiro atoms. The third-order valence-corrected chi connectivity index (χ3v) is 8.85. The number of sulfonamides is 2. The van der Waals surface area contributed by atoms with Crippen LogP contribution in [0.25, 0.3) is 0 Å². The normalized spacial score (nSPS) is 16.1. The molecule has 1 aliphatic heterocycles. The molecule has 0 bridgehead atoms. The number of carbonyl (C=O) groups is 1. The van der Waals surface area contributed by atoms with Crippen LogP contribution in [0.2, 0.25) is 5.02 Å². The van der Waals surface area contributed by atoms with Gasteiger partial charge in [-0.05, 0) is 48.5 Å². The van der Waals surface area contributed by atoms with Gasteiger partial charge in [0.15, 0.2) is 0 Å². The van der Waals surface area contributed by atoms with Crippen LogP contribution in [0.5, 0.6) is 0 Å². The van der Waals surface area contributed by atoms with Gasteiger partial charge in [0.2, 0.25) is 20.0 Å². The van der Waals surface area contributed by atoms with Crippen LogP contribution >= 0.6 is 11.6 Å². The summed E-state index contributed by atoms with van der Waals surface area (Å²) in [5.74, 6) is -0.271. The molecule has 0 aliphatic carbocycles. The van der Waals surface area contributed by atoms with Gasteiger partial charge in [0.25, 0.3) is 5.91 Å². The highest BCUT2D eigenvalue weighted by Gasteiger charge is 2.30. The SMILES string of the molecule is CN(C)S(=O)(=O)c1ccc(C(=O)N2CCN(S(=O)(=O)c3ccc(Cl)cc3)CC2)cc1. The molecule has 1 saturated heterocycles. The van der Waals surface area contributed by atoms with Crippen LogP contribution in [0.1, 0.15) is 10.4 Å². The Kier molecular flexibility index (Phi) is 6.54. The number of rotatable bonds is 5. The van der Waals surface area contributed by atoms with E-state index in [0.29, 0.717) is 10.6 Å². The van der Waals surface area contributed by atoms with Crippen molar-refractivity contribution < 1.29 is 21.6 Å². The smallest absolute Gasteiger partial charge is 0.253 e. The van der Waals surface area contributed by atoms with Crippen LogP contribution in [0.4, 0.5) is 0 Å². The molecule has 3 rings (SSSR count). The van der Waals surface area contributed by atoms with E-state index in [1.54, 1.807) is 4.90 Å². The van der Waals surface area contributed by atoms with Crippen LogP contribution < -0.4 is 0 Å². The summed E-state index contributed by atoms with van der Waals surface area (Å²) in [5, 5.41) is 0.453. The van der Waals surface area contributed by atoms with Gasteiger partial charge < -0.3 is 4.90 Å². The van der Waals surface area contributed by atoms with Crippen molar-refractivity contribution >= 4 is 37.6 Å². The van der Waals surface area contributed by atoms with Crippen molar-refractivity contribution in [1.29, 1.82) is 0 Å². The summed E-state index contributed by atoms with van der Waals surface area (Å²) in [6, 6.07) is 11.7. The highest BCUT2D eigenvalue weighted by molar-refractivity contribution is 7.89. The molecule has 1 heterocycles. The zero-order valence-corrected chi connectivity index (χ0v) is 18.9. The molecular weight excluding hydrogens is 450 g/mol. The molecule has 0 unspecified atom stereocenters. The number of amides is 1. The zero-order valence-electron chi connectivity index (χ0n) is 16.5. The molecule has 30 heavy (non-hydrogen) atoms. The predicted octanol–water partition coefficient (Wildman–Crippen LogP) is 1.74. The molecule has 1 fully saturated rings. The van der Waals surface area contributed by atoms with Crippen LogP contribution in [0.3, 0.4) is 0 Å². The van der Waals surface area contributed by atoms with Crippen molar-refractivity contribution in [2.24, 2.45) is 0 Å². The van der Waals surface area contributed by atoms with Crippen molar-refractivity contribution in [3.05, 3.63) is 59.1 Å². The van der Waals surface area contributed by atoms with Gasteiger partial charge in [0.05, 0.1) is 9.79 Å². The van der Waals surface area contributed by atoms with Crippen LogP contribution in [-0.2, 0) is 20.0 Å². The average molecular weight is 472 g/mol. The van der Waals surface area contributed by atoms with Crippen molar-refractivity contribution in [1.82, 2.24) is 13.5 Å². The van der Waals surface area contributed by atoms with E-state index >= 15 is 0 Å². The molecule has 0 N–H and O–H groups in total. The quantitative estimate of drug-likeness (QED) is 0.661.